The van der Waals surface area contributed by atoms with E-state index in [0.717, 1.165) is 22.3 Å². The molecule has 0 radical (unpaired) electrons. The van der Waals surface area contributed by atoms with Crippen molar-refractivity contribution >= 4 is 10.0 Å². The molecule has 19 heavy (non-hydrogen) atoms. The van der Waals surface area contributed by atoms with Crippen LogP contribution in [0.15, 0.2) is 47.4 Å². The summed E-state index contributed by atoms with van der Waals surface area (Å²) < 4.78 is 23.4. The van der Waals surface area contributed by atoms with Gasteiger partial charge in [0.25, 0.3) is 0 Å². The summed E-state index contributed by atoms with van der Waals surface area (Å²) in [5, 5.41) is 5.30. The van der Waals surface area contributed by atoms with Crippen molar-refractivity contribution in [3.05, 3.63) is 53.6 Å². The van der Waals surface area contributed by atoms with Crippen LogP contribution in [-0.2, 0) is 16.4 Å². The van der Waals surface area contributed by atoms with Gasteiger partial charge in [-0.25, -0.2) is 13.6 Å². The highest BCUT2D eigenvalue weighted by molar-refractivity contribution is 7.89. The second-order valence-electron chi connectivity index (χ2n) is 4.50. The molecular weight excluding hydrogens is 258 g/mol. The minimum atomic E-state index is -3.69. The Morgan fingerprint density at radius 3 is 2.21 bits per heavy atom. The molecule has 0 saturated carbocycles. The highest BCUT2D eigenvalue weighted by Crippen LogP contribution is 2.31. The van der Waals surface area contributed by atoms with Crippen LogP contribution in [0, 0.1) is 6.92 Å². The summed E-state index contributed by atoms with van der Waals surface area (Å²) in [6.07, 6.45) is 0.623. The molecule has 0 spiro atoms. The van der Waals surface area contributed by atoms with E-state index in [2.05, 4.69) is 0 Å². The molecule has 0 unspecified atom stereocenters. The van der Waals surface area contributed by atoms with Crippen LogP contribution in [0.5, 0.6) is 0 Å². The minimum absolute atomic E-state index is 0.222. The van der Waals surface area contributed by atoms with Gasteiger partial charge in [0.05, 0.1) is 4.90 Å². The van der Waals surface area contributed by atoms with Crippen LogP contribution in [-0.4, -0.2) is 8.42 Å². The Hall–Kier alpha value is -1.65. The zero-order valence-corrected chi connectivity index (χ0v) is 11.9. The van der Waals surface area contributed by atoms with Crippen molar-refractivity contribution in [2.75, 3.05) is 0 Å². The van der Waals surface area contributed by atoms with Crippen LogP contribution in [0.3, 0.4) is 0 Å². The standard InChI is InChI=1S/C15H17NO2S/c1-3-13-14(19(16,17)18)10-9-11(2)15(13)12-7-5-4-6-8-12/h4-10H,3H2,1-2H3,(H2,16,17,18). The first-order valence-corrected chi connectivity index (χ1v) is 7.70. The number of hydrogen-bond acceptors (Lipinski definition) is 2. The van der Waals surface area contributed by atoms with Gasteiger partial charge < -0.3 is 0 Å². The van der Waals surface area contributed by atoms with Crippen LogP contribution in [0.4, 0.5) is 0 Å². The Morgan fingerprint density at radius 1 is 1.05 bits per heavy atom. The Labute approximate surface area is 114 Å². The van der Waals surface area contributed by atoms with Crippen molar-refractivity contribution in [1.29, 1.82) is 0 Å². The first kappa shape index (κ1) is 13.8. The molecule has 0 aromatic heterocycles. The van der Waals surface area contributed by atoms with Crippen LogP contribution in [0.25, 0.3) is 11.1 Å². The van der Waals surface area contributed by atoms with Gasteiger partial charge in [-0.1, -0.05) is 43.3 Å². The SMILES string of the molecule is CCc1c(S(N)(=O)=O)ccc(C)c1-c1ccccc1. The second-order valence-corrected chi connectivity index (χ2v) is 6.03. The molecule has 4 heteroatoms. The molecular formula is C15H17NO2S. The first-order valence-electron chi connectivity index (χ1n) is 6.16. The van der Waals surface area contributed by atoms with E-state index in [4.69, 9.17) is 5.14 Å². The van der Waals surface area contributed by atoms with Crippen LogP contribution in [0.2, 0.25) is 0 Å². The Bertz CT molecular complexity index is 692. The van der Waals surface area contributed by atoms with E-state index in [1.54, 1.807) is 12.1 Å². The predicted octanol–water partition coefficient (Wildman–Crippen LogP) is 2.87. The number of aryl methyl sites for hydroxylation is 1. The Balaban J connectivity index is 2.81. The van der Waals surface area contributed by atoms with Gasteiger partial charge in [0.2, 0.25) is 10.0 Å². The lowest BCUT2D eigenvalue weighted by Gasteiger charge is -2.15. The van der Waals surface area contributed by atoms with E-state index >= 15 is 0 Å². The van der Waals surface area contributed by atoms with Gasteiger partial charge >= 0.3 is 0 Å². The monoisotopic (exact) mass is 275 g/mol. The fourth-order valence-corrected chi connectivity index (χ4v) is 3.22. The lowest BCUT2D eigenvalue weighted by molar-refractivity contribution is 0.596. The molecule has 0 aliphatic carbocycles. The predicted molar refractivity (Wildman–Crippen MR) is 77.4 cm³/mol. The van der Waals surface area contributed by atoms with Gasteiger partial charge in [-0.3, -0.25) is 0 Å². The lowest BCUT2D eigenvalue weighted by Crippen LogP contribution is -2.15. The molecule has 0 aliphatic heterocycles. The quantitative estimate of drug-likeness (QED) is 0.936. The summed E-state index contributed by atoms with van der Waals surface area (Å²) in [5.74, 6) is 0. The number of primary sulfonamides is 1. The van der Waals surface area contributed by atoms with Crippen molar-refractivity contribution in [2.24, 2.45) is 5.14 Å². The summed E-state index contributed by atoms with van der Waals surface area (Å²) in [5.41, 5.74) is 3.82. The molecule has 3 nitrogen and oxygen atoms in total. The zero-order chi connectivity index (χ0) is 14.0. The molecule has 0 heterocycles. The smallest absolute Gasteiger partial charge is 0.225 e. The number of nitrogens with two attached hydrogens (primary N) is 1. The topological polar surface area (TPSA) is 60.2 Å². The zero-order valence-electron chi connectivity index (χ0n) is 11.1. The summed E-state index contributed by atoms with van der Waals surface area (Å²) in [6.45, 7) is 3.92. The van der Waals surface area contributed by atoms with E-state index in [0.29, 0.717) is 6.42 Å². The largest absolute Gasteiger partial charge is 0.238 e. The van der Waals surface area contributed by atoms with Crippen LogP contribution < -0.4 is 5.14 Å². The van der Waals surface area contributed by atoms with Crippen molar-refractivity contribution in [3.8, 4) is 11.1 Å². The maximum atomic E-state index is 11.7. The average Bonchev–Trinajstić information content (AvgIpc) is 2.37. The fourth-order valence-electron chi connectivity index (χ4n) is 2.37. The van der Waals surface area contributed by atoms with Crippen molar-refractivity contribution in [1.82, 2.24) is 0 Å². The second kappa shape index (κ2) is 5.15. The summed E-state index contributed by atoms with van der Waals surface area (Å²) in [6, 6.07) is 13.2. The van der Waals surface area contributed by atoms with Gasteiger partial charge in [-0.15, -0.1) is 0 Å². The van der Waals surface area contributed by atoms with E-state index in [1.807, 2.05) is 44.2 Å². The van der Waals surface area contributed by atoms with Gasteiger partial charge in [0.1, 0.15) is 0 Å². The highest BCUT2D eigenvalue weighted by atomic mass is 32.2. The third-order valence-electron chi connectivity index (χ3n) is 3.20. The van der Waals surface area contributed by atoms with Gasteiger partial charge in [-0.2, -0.15) is 0 Å². The molecule has 0 aliphatic rings. The van der Waals surface area contributed by atoms with Crippen LogP contribution >= 0.6 is 0 Å². The number of rotatable bonds is 3. The average molecular weight is 275 g/mol. The molecule has 0 fully saturated rings. The number of hydrogen-bond donors (Lipinski definition) is 1. The van der Waals surface area contributed by atoms with E-state index in [1.165, 1.54) is 0 Å². The van der Waals surface area contributed by atoms with E-state index in [9.17, 15) is 8.42 Å². The van der Waals surface area contributed by atoms with E-state index in [-0.39, 0.29) is 4.90 Å². The molecule has 2 N–H and O–H groups in total. The third-order valence-corrected chi connectivity index (χ3v) is 4.20. The lowest BCUT2D eigenvalue weighted by atomic mass is 9.94. The normalized spacial score (nSPS) is 11.5. The van der Waals surface area contributed by atoms with Crippen LogP contribution in [0.1, 0.15) is 18.1 Å². The van der Waals surface area contributed by atoms with Gasteiger partial charge in [0, 0.05) is 0 Å². The molecule has 0 amide bonds. The maximum absolute atomic E-state index is 11.7. The van der Waals surface area contributed by atoms with Gasteiger partial charge in [0.15, 0.2) is 0 Å². The maximum Gasteiger partial charge on any atom is 0.238 e. The van der Waals surface area contributed by atoms with Crippen molar-refractivity contribution in [3.63, 3.8) is 0 Å². The molecule has 0 atom stereocenters. The Morgan fingerprint density at radius 2 is 1.68 bits per heavy atom. The molecule has 2 aromatic rings. The molecule has 0 bridgehead atoms. The number of sulfonamides is 1. The summed E-state index contributed by atoms with van der Waals surface area (Å²) in [7, 11) is -3.69. The third kappa shape index (κ3) is 2.69. The molecule has 2 aromatic carbocycles. The Kier molecular flexibility index (Phi) is 3.73. The van der Waals surface area contributed by atoms with Gasteiger partial charge in [-0.05, 0) is 41.7 Å². The van der Waals surface area contributed by atoms with Crippen molar-refractivity contribution < 1.29 is 8.42 Å². The van der Waals surface area contributed by atoms with Crippen molar-refractivity contribution in [2.45, 2.75) is 25.2 Å². The minimum Gasteiger partial charge on any atom is -0.225 e. The molecule has 100 valence electrons. The molecule has 2 rings (SSSR count). The van der Waals surface area contributed by atoms with E-state index < -0.39 is 10.0 Å². The summed E-state index contributed by atoms with van der Waals surface area (Å²) in [4.78, 5) is 0.222. The summed E-state index contributed by atoms with van der Waals surface area (Å²) >= 11 is 0. The first-order chi connectivity index (χ1) is 8.95. The fraction of sp³-hybridized carbons (Fsp3) is 0.200. The number of benzene rings is 2. The molecule has 0 saturated heterocycles. The highest BCUT2D eigenvalue weighted by Gasteiger charge is 2.18.